The molecule has 22 heavy (non-hydrogen) atoms. The first-order chi connectivity index (χ1) is 10.4. The van der Waals surface area contributed by atoms with E-state index in [-0.39, 0.29) is 0 Å². The van der Waals surface area contributed by atoms with Crippen molar-refractivity contribution in [3.05, 3.63) is 52.7 Å². The second kappa shape index (κ2) is 5.53. The molecule has 0 radical (unpaired) electrons. The highest BCUT2D eigenvalue weighted by molar-refractivity contribution is 5.65. The molecule has 0 fully saturated rings. The van der Waals surface area contributed by atoms with Crippen molar-refractivity contribution in [1.82, 2.24) is 0 Å². The zero-order valence-electron chi connectivity index (χ0n) is 14.8. The van der Waals surface area contributed by atoms with Crippen LogP contribution in [-0.4, -0.2) is 0 Å². The largest absolute Gasteiger partial charge is 0.212 e. The summed E-state index contributed by atoms with van der Waals surface area (Å²) >= 11 is 0. The van der Waals surface area contributed by atoms with Crippen molar-refractivity contribution in [2.24, 2.45) is 7.05 Å². The summed E-state index contributed by atoms with van der Waals surface area (Å²) < 4.78 is 2.28. The number of fused-ring (bicyclic) bond motifs is 1. The van der Waals surface area contributed by atoms with Gasteiger partial charge in [0.2, 0.25) is 5.69 Å². The highest BCUT2D eigenvalue weighted by Crippen LogP contribution is 2.43. The Morgan fingerprint density at radius 2 is 1.68 bits per heavy atom. The Balaban J connectivity index is 2.12. The molecule has 0 amide bonds. The summed E-state index contributed by atoms with van der Waals surface area (Å²) in [6.07, 6.45) is 3.56. The van der Waals surface area contributed by atoms with E-state index in [9.17, 15) is 0 Å². The first-order valence-corrected chi connectivity index (χ1v) is 8.53. The smallest absolute Gasteiger partial charge is 0.201 e. The Morgan fingerprint density at radius 3 is 2.27 bits per heavy atom. The molecule has 1 aliphatic rings. The zero-order valence-corrected chi connectivity index (χ0v) is 14.8. The van der Waals surface area contributed by atoms with Crippen LogP contribution in [0.15, 0.2) is 30.5 Å². The molecule has 2 unspecified atom stereocenters. The summed E-state index contributed by atoms with van der Waals surface area (Å²) in [5.41, 5.74) is 8.62. The topological polar surface area (TPSA) is 3.88 Å². The van der Waals surface area contributed by atoms with E-state index in [0.29, 0.717) is 17.8 Å². The Kier molecular flexibility index (Phi) is 3.84. The maximum Gasteiger partial charge on any atom is 0.212 e. The van der Waals surface area contributed by atoms with Gasteiger partial charge in [0.05, 0.1) is 0 Å². The summed E-state index contributed by atoms with van der Waals surface area (Å²) in [6, 6.07) is 9.43. The summed E-state index contributed by atoms with van der Waals surface area (Å²) in [7, 11) is 2.17. The molecule has 1 heteroatoms. The van der Waals surface area contributed by atoms with Crippen LogP contribution in [0.2, 0.25) is 0 Å². The summed E-state index contributed by atoms with van der Waals surface area (Å²) in [4.78, 5) is 0. The van der Waals surface area contributed by atoms with Gasteiger partial charge in [0, 0.05) is 17.2 Å². The van der Waals surface area contributed by atoms with Crippen LogP contribution in [0.5, 0.6) is 0 Å². The molecule has 0 bridgehead atoms. The predicted octanol–water partition coefficient (Wildman–Crippen LogP) is 5.22. The Morgan fingerprint density at radius 1 is 1.05 bits per heavy atom. The molecule has 116 valence electrons. The lowest BCUT2D eigenvalue weighted by molar-refractivity contribution is -0.660. The fraction of sp³-hybridized carbons (Fsp3) is 0.476. The SMILES string of the molecule is Cc1cc2c(cc1-c1ccc(C(C)C)c[n+]1C)C(C)CC2C. The number of hydrogen-bond donors (Lipinski definition) is 0. The van der Waals surface area contributed by atoms with Crippen molar-refractivity contribution in [3.63, 3.8) is 0 Å². The molecule has 1 heterocycles. The number of nitrogens with zero attached hydrogens (tertiary/aromatic N) is 1. The summed E-state index contributed by atoms with van der Waals surface area (Å²) in [5, 5.41) is 0. The molecule has 0 saturated carbocycles. The number of benzene rings is 1. The molecule has 1 aromatic heterocycles. The predicted molar refractivity (Wildman–Crippen MR) is 93.3 cm³/mol. The maximum atomic E-state index is 2.45. The summed E-state index contributed by atoms with van der Waals surface area (Å²) in [5.74, 6) is 1.96. The van der Waals surface area contributed by atoms with Crippen LogP contribution in [0, 0.1) is 6.92 Å². The molecular formula is C21H28N+. The van der Waals surface area contributed by atoms with Gasteiger partial charge >= 0.3 is 0 Å². The Bertz CT molecular complexity index is 712. The number of hydrogen-bond acceptors (Lipinski definition) is 0. The van der Waals surface area contributed by atoms with Crippen molar-refractivity contribution in [2.75, 3.05) is 0 Å². The number of rotatable bonds is 2. The van der Waals surface area contributed by atoms with Crippen LogP contribution in [-0.2, 0) is 7.05 Å². The minimum Gasteiger partial charge on any atom is -0.201 e. The molecule has 1 nitrogen and oxygen atoms in total. The summed E-state index contributed by atoms with van der Waals surface area (Å²) in [6.45, 7) is 11.5. The molecule has 3 rings (SSSR count). The van der Waals surface area contributed by atoms with Gasteiger partial charge < -0.3 is 0 Å². The normalized spacial score (nSPS) is 20.5. The van der Waals surface area contributed by atoms with Gasteiger partial charge in [0.15, 0.2) is 6.20 Å². The lowest BCUT2D eigenvalue weighted by Gasteiger charge is -2.12. The molecule has 0 aliphatic heterocycles. The van der Waals surface area contributed by atoms with Crippen LogP contribution < -0.4 is 4.57 Å². The van der Waals surface area contributed by atoms with Crippen molar-refractivity contribution in [2.45, 2.75) is 58.8 Å². The molecule has 1 aliphatic carbocycles. The lowest BCUT2D eigenvalue weighted by atomic mass is 9.93. The van der Waals surface area contributed by atoms with Gasteiger partial charge in [-0.1, -0.05) is 33.8 Å². The second-order valence-electron chi connectivity index (χ2n) is 7.45. The third kappa shape index (κ3) is 2.47. The standard InChI is InChI=1S/C21H28N/c1-13(2)17-7-8-21(22(6)12-17)20-11-19-15(4)9-14(3)18(19)10-16(20)5/h7-8,10-15H,9H2,1-6H3/q+1. The van der Waals surface area contributed by atoms with E-state index in [1.807, 2.05) is 0 Å². The van der Waals surface area contributed by atoms with Gasteiger partial charge in [-0.05, 0) is 59.9 Å². The van der Waals surface area contributed by atoms with Crippen LogP contribution in [0.3, 0.4) is 0 Å². The van der Waals surface area contributed by atoms with Crippen molar-refractivity contribution in [1.29, 1.82) is 0 Å². The van der Waals surface area contributed by atoms with E-state index >= 15 is 0 Å². The van der Waals surface area contributed by atoms with Gasteiger partial charge in [0.25, 0.3) is 0 Å². The van der Waals surface area contributed by atoms with Gasteiger partial charge in [-0.2, -0.15) is 0 Å². The van der Waals surface area contributed by atoms with Crippen molar-refractivity contribution < 1.29 is 4.57 Å². The monoisotopic (exact) mass is 294 g/mol. The van der Waals surface area contributed by atoms with Crippen LogP contribution in [0.4, 0.5) is 0 Å². The quantitative estimate of drug-likeness (QED) is 0.668. The third-order valence-electron chi connectivity index (χ3n) is 5.30. The highest BCUT2D eigenvalue weighted by Gasteiger charge is 2.27. The van der Waals surface area contributed by atoms with E-state index in [1.54, 1.807) is 11.1 Å². The number of aryl methyl sites for hydroxylation is 2. The second-order valence-corrected chi connectivity index (χ2v) is 7.45. The van der Waals surface area contributed by atoms with E-state index in [4.69, 9.17) is 0 Å². The van der Waals surface area contributed by atoms with Gasteiger partial charge in [0.1, 0.15) is 7.05 Å². The number of aromatic nitrogens is 1. The fourth-order valence-corrected chi connectivity index (χ4v) is 3.91. The molecule has 0 N–H and O–H groups in total. The fourth-order valence-electron chi connectivity index (χ4n) is 3.91. The minimum absolute atomic E-state index is 0.572. The highest BCUT2D eigenvalue weighted by atomic mass is 14.9. The van der Waals surface area contributed by atoms with Gasteiger partial charge in [-0.25, -0.2) is 4.57 Å². The van der Waals surface area contributed by atoms with E-state index in [1.165, 1.54) is 28.8 Å². The average Bonchev–Trinajstić information content (AvgIpc) is 2.72. The molecule has 2 aromatic rings. The van der Waals surface area contributed by atoms with E-state index < -0.39 is 0 Å². The van der Waals surface area contributed by atoms with Gasteiger partial charge in [-0.15, -0.1) is 0 Å². The van der Waals surface area contributed by atoms with Gasteiger partial charge in [-0.3, -0.25) is 0 Å². The van der Waals surface area contributed by atoms with E-state index in [2.05, 4.69) is 76.7 Å². The molecule has 0 saturated heterocycles. The van der Waals surface area contributed by atoms with Crippen LogP contribution >= 0.6 is 0 Å². The lowest BCUT2D eigenvalue weighted by Crippen LogP contribution is -2.31. The number of pyridine rings is 1. The van der Waals surface area contributed by atoms with E-state index in [0.717, 1.165) is 0 Å². The first kappa shape index (κ1) is 15.3. The Labute approximate surface area is 135 Å². The Hall–Kier alpha value is -1.63. The average molecular weight is 294 g/mol. The first-order valence-electron chi connectivity index (χ1n) is 8.53. The van der Waals surface area contributed by atoms with Crippen molar-refractivity contribution >= 4 is 0 Å². The third-order valence-corrected chi connectivity index (χ3v) is 5.30. The van der Waals surface area contributed by atoms with Crippen LogP contribution in [0.1, 0.15) is 74.1 Å². The molecular weight excluding hydrogens is 266 g/mol. The molecule has 1 aromatic carbocycles. The molecule has 0 spiro atoms. The minimum atomic E-state index is 0.572. The maximum absolute atomic E-state index is 2.45. The zero-order chi connectivity index (χ0) is 16.0. The van der Waals surface area contributed by atoms with Crippen molar-refractivity contribution in [3.8, 4) is 11.3 Å². The molecule has 2 atom stereocenters. The van der Waals surface area contributed by atoms with Crippen LogP contribution in [0.25, 0.3) is 11.3 Å².